The van der Waals surface area contributed by atoms with Crippen molar-refractivity contribution in [1.82, 2.24) is 14.5 Å². The van der Waals surface area contributed by atoms with Crippen LogP contribution in [0.3, 0.4) is 0 Å². The first-order valence-electron chi connectivity index (χ1n) is 12.1. The van der Waals surface area contributed by atoms with Crippen molar-refractivity contribution in [3.05, 3.63) is 116 Å². The highest BCUT2D eigenvalue weighted by molar-refractivity contribution is 6.27. The Balaban J connectivity index is 1.55. The highest BCUT2D eigenvalue weighted by atomic mass is 16.5. The van der Waals surface area contributed by atoms with Crippen LogP contribution in [0.5, 0.6) is 5.75 Å². The number of rotatable bonds is 3. The molecule has 5 heteroatoms. The van der Waals surface area contributed by atoms with Crippen LogP contribution in [0.2, 0.25) is 0 Å². The number of furan rings is 1. The maximum atomic E-state index is 6.21. The molecule has 5 nitrogen and oxygen atoms in total. The fourth-order valence-corrected chi connectivity index (χ4v) is 5.65. The van der Waals surface area contributed by atoms with Crippen molar-refractivity contribution in [2.24, 2.45) is 0 Å². The van der Waals surface area contributed by atoms with Crippen molar-refractivity contribution >= 4 is 60.2 Å². The van der Waals surface area contributed by atoms with Gasteiger partial charge in [0.05, 0.1) is 27.6 Å². The van der Waals surface area contributed by atoms with Crippen LogP contribution in [0.15, 0.2) is 114 Å². The van der Waals surface area contributed by atoms with Gasteiger partial charge in [-0.3, -0.25) is 4.57 Å². The predicted octanol–water partition coefficient (Wildman–Crippen LogP) is 8.10. The summed E-state index contributed by atoms with van der Waals surface area (Å²) in [5.74, 6) is 1.93. The van der Waals surface area contributed by atoms with E-state index in [9.17, 15) is 0 Å². The molecule has 0 spiro atoms. The highest BCUT2D eigenvalue weighted by Gasteiger charge is 2.25. The summed E-state index contributed by atoms with van der Waals surface area (Å²) in [5.41, 5.74) is 6.17. The van der Waals surface area contributed by atoms with Gasteiger partial charge in [-0.05, 0) is 42.5 Å². The summed E-state index contributed by atoms with van der Waals surface area (Å²) in [4.78, 5) is 10.2. The lowest BCUT2D eigenvalue weighted by Gasteiger charge is -2.21. The summed E-state index contributed by atoms with van der Waals surface area (Å²) in [5, 5.41) is 5.31. The molecule has 0 saturated heterocycles. The second kappa shape index (κ2) is 7.18. The fourth-order valence-electron chi connectivity index (χ4n) is 5.65. The van der Waals surface area contributed by atoms with E-state index in [4.69, 9.17) is 19.1 Å². The van der Waals surface area contributed by atoms with E-state index in [0.29, 0.717) is 17.5 Å². The molecule has 0 atom stereocenters. The van der Waals surface area contributed by atoms with E-state index in [-0.39, 0.29) is 0 Å². The average molecular weight is 478 g/mol. The van der Waals surface area contributed by atoms with E-state index in [2.05, 4.69) is 48.1 Å². The fraction of sp³-hybridized carbons (Fsp3) is 0. The zero-order valence-electron chi connectivity index (χ0n) is 19.7. The monoisotopic (exact) mass is 477 g/mol. The lowest BCUT2D eigenvalue weighted by Crippen LogP contribution is -2.10. The van der Waals surface area contributed by atoms with E-state index in [0.717, 1.165) is 65.9 Å². The molecule has 0 fully saturated rings. The summed E-state index contributed by atoms with van der Waals surface area (Å²) >= 11 is 0. The molecule has 4 heterocycles. The Morgan fingerprint density at radius 1 is 0.676 bits per heavy atom. The molecular formula is C32H19N3O2. The Labute approximate surface area is 211 Å². The first-order chi connectivity index (χ1) is 18.3. The molecule has 37 heavy (non-hydrogen) atoms. The molecule has 0 N–H and O–H groups in total. The lowest BCUT2D eigenvalue weighted by molar-refractivity contribution is 0.449. The van der Waals surface area contributed by atoms with Crippen LogP contribution < -0.4 is 4.74 Å². The first kappa shape index (κ1) is 20.1. The Morgan fingerprint density at radius 3 is 2.38 bits per heavy atom. The number of nitrogens with zero attached hydrogens (tertiary/aromatic N) is 3. The molecule has 0 unspecified atom stereocenters. The van der Waals surface area contributed by atoms with Gasteiger partial charge >= 0.3 is 0 Å². The largest absolute Gasteiger partial charge is 0.456 e. The Morgan fingerprint density at radius 2 is 1.51 bits per heavy atom. The molecule has 0 bridgehead atoms. The Hall–Kier alpha value is -5.16. The third-order valence-electron chi connectivity index (χ3n) is 7.18. The van der Waals surface area contributed by atoms with Gasteiger partial charge in [0.15, 0.2) is 0 Å². The topological polar surface area (TPSA) is 53.1 Å². The minimum Gasteiger partial charge on any atom is -0.456 e. The average Bonchev–Trinajstić information content (AvgIpc) is 3.48. The summed E-state index contributed by atoms with van der Waals surface area (Å²) in [6, 6.07) is 26.6. The van der Waals surface area contributed by atoms with Crippen molar-refractivity contribution in [1.29, 1.82) is 0 Å². The molecule has 4 aromatic carbocycles. The normalized spacial score (nSPS) is 13.2. The molecule has 0 radical (unpaired) electrons. The van der Waals surface area contributed by atoms with Crippen LogP contribution in [-0.4, -0.2) is 14.5 Å². The van der Waals surface area contributed by atoms with Crippen molar-refractivity contribution in [3.8, 4) is 11.7 Å². The van der Waals surface area contributed by atoms with Crippen LogP contribution >= 0.6 is 0 Å². The SMILES string of the molecule is C=CC1=C(C=C)c2nc(-n3c4ccccc4c4c5c(ccc43)oc3ccccc35)nc3cccc(c23)O1. The van der Waals surface area contributed by atoms with E-state index in [1.54, 1.807) is 12.2 Å². The van der Waals surface area contributed by atoms with Gasteiger partial charge < -0.3 is 9.15 Å². The first-order valence-corrected chi connectivity index (χ1v) is 12.1. The second-order valence-electron chi connectivity index (χ2n) is 9.09. The predicted molar refractivity (Wildman–Crippen MR) is 149 cm³/mol. The van der Waals surface area contributed by atoms with Crippen molar-refractivity contribution in [2.45, 2.75) is 0 Å². The number of aromatic nitrogens is 3. The summed E-state index contributed by atoms with van der Waals surface area (Å²) in [6.45, 7) is 7.96. The Bertz CT molecular complexity index is 2160. The lowest BCUT2D eigenvalue weighted by atomic mass is 10.0. The molecule has 174 valence electrons. The van der Waals surface area contributed by atoms with Gasteiger partial charge in [-0.2, -0.15) is 0 Å². The van der Waals surface area contributed by atoms with Crippen LogP contribution in [0.4, 0.5) is 0 Å². The molecule has 7 aromatic rings. The number of hydrogen-bond donors (Lipinski definition) is 0. The van der Waals surface area contributed by atoms with Crippen LogP contribution in [0, 0.1) is 0 Å². The molecule has 0 aliphatic carbocycles. The summed E-state index contributed by atoms with van der Waals surface area (Å²) in [6.07, 6.45) is 3.47. The maximum Gasteiger partial charge on any atom is 0.235 e. The van der Waals surface area contributed by atoms with E-state index in [1.807, 2.05) is 48.5 Å². The molecule has 1 aliphatic heterocycles. The van der Waals surface area contributed by atoms with E-state index < -0.39 is 0 Å². The number of hydrogen-bond acceptors (Lipinski definition) is 4. The number of benzene rings is 4. The maximum absolute atomic E-state index is 6.21. The third kappa shape index (κ3) is 2.57. The van der Waals surface area contributed by atoms with Crippen LogP contribution in [0.25, 0.3) is 66.2 Å². The Kier molecular flexibility index (Phi) is 3.90. The summed E-state index contributed by atoms with van der Waals surface area (Å²) < 4.78 is 14.4. The smallest absolute Gasteiger partial charge is 0.235 e. The minimum absolute atomic E-state index is 0.586. The zero-order chi connectivity index (χ0) is 24.7. The van der Waals surface area contributed by atoms with Gasteiger partial charge in [0.25, 0.3) is 0 Å². The molecule has 3 aromatic heterocycles. The summed E-state index contributed by atoms with van der Waals surface area (Å²) in [7, 11) is 0. The number of allylic oxidation sites excluding steroid dienone is 3. The van der Waals surface area contributed by atoms with Crippen molar-refractivity contribution < 1.29 is 9.15 Å². The molecule has 0 amide bonds. The van der Waals surface area contributed by atoms with Gasteiger partial charge in [-0.25, -0.2) is 9.97 Å². The second-order valence-corrected chi connectivity index (χ2v) is 9.09. The van der Waals surface area contributed by atoms with Crippen molar-refractivity contribution in [3.63, 3.8) is 0 Å². The molecular weight excluding hydrogens is 458 g/mol. The van der Waals surface area contributed by atoms with Gasteiger partial charge in [0.1, 0.15) is 22.7 Å². The van der Waals surface area contributed by atoms with Gasteiger partial charge in [-0.1, -0.05) is 61.7 Å². The highest BCUT2D eigenvalue weighted by Crippen LogP contribution is 2.42. The zero-order valence-corrected chi connectivity index (χ0v) is 19.7. The van der Waals surface area contributed by atoms with Crippen LogP contribution in [-0.2, 0) is 0 Å². The minimum atomic E-state index is 0.586. The van der Waals surface area contributed by atoms with Gasteiger partial charge in [0.2, 0.25) is 5.95 Å². The van der Waals surface area contributed by atoms with E-state index >= 15 is 0 Å². The third-order valence-corrected chi connectivity index (χ3v) is 7.18. The standard InChI is InChI=1S/C32H19N3O2/c1-3-18-24(4-2)36-26-15-9-12-21-30(26)31(18)34-32(33-21)35-22-13-7-5-10-19(22)28-23(35)16-17-27-29(28)20-11-6-8-14-25(20)37-27/h3-17H,1-2H2. The van der Waals surface area contributed by atoms with Gasteiger partial charge in [-0.15, -0.1) is 0 Å². The van der Waals surface area contributed by atoms with Crippen LogP contribution in [0.1, 0.15) is 5.69 Å². The quantitative estimate of drug-likeness (QED) is 0.258. The number of fused-ring (bicyclic) bond motifs is 7. The van der Waals surface area contributed by atoms with Crippen molar-refractivity contribution in [2.75, 3.05) is 0 Å². The number of ether oxygens (including phenoxy) is 1. The molecule has 1 aliphatic rings. The van der Waals surface area contributed by atoms with E-state index in [1.165, 1.54) is 0 Å². The molecule has 0 saturated carbocycles. The molecule has 8 rings (SSSR count). The number of para-hydroxylation sites is 2. The van der Waals surface area contributed by atoms with Gasteiger partial charge in [0, 0.05) is 27.1 Å².